The molecule has 1 aliphatic rings. The first-order chi connectivity index (χ1) is 13.7. The van der Waals surface area contributed by atoms with Gasteiger partial charge < -0.3 is 15.0 Å². The normalized spacial score (nSPS) is 13.6. The van der Waals surface area contributed by atoms with Gasteiger partial charge in [-0.05, 0) is 53.2 Å². The molecule has 1 fully saturated rings. The molecule has 0 aliphatic carbocycles. The summed E-state index contributed by atoms with van der Waals surface area (Å²) in [4.78, 5) is 26.6. The third kappa shape index (κ3) is 3.41. The zero-order valence-electron chi connectivity index (χ0n) is 15.2. The molecule has 1 aromatic heterocycles. The number of benzene rings is 2. The number of methoxy groups -OCH3 is 1. The monoisotopic (exact) mass is 378 g/mol. The van der Waals surface area contributed by atoms with Crippen LogP contribution in [0.1, 0.15) is 23.2 Å². The van der Waals surface area contributed by atoms with Crippen LogP contribution in [0, 0.1) is 0 Å². The molecule has 142 valence electrons. The maximum Gasteiger partial charge on any atom is 0.255 e. The number of carbonyl (C=O) groups excluding carboxylic acids is 2. The van der Waals surface area contributed by atoms with Crippen molar-refractivity contribution in [2.24, 2.45) is 0 Å². The molecule has 2 aromatic carbocycles. The molecule has 9 nitrogen and oxygen atoms in total. The number of rotatable bonds is 5. The van der Waals surface area contributed by atoms with E-state index in [9.17, 15) is 9.59 Å². The molecular formula is C19H18N6O3. The number of ether oxygens (including phenoxy) is 1. The van der Waals surface area contributed by atoms with E-state index in [4.69, 9.17) is 4.74 Å². The summed E-state index contributed by atoms with van der Waals surface area (Å²) in [7, 11) is 1.55. The second kappa shape index (κ2) is 7.47. The van der Waals surface area contributed by atoms with Crippen molar-refractivity contribution < 1.29 is 14.3 Å². The van der Waals surface area contributed by atoms with Crippen molar-refractivity contribution >= 4 is 23.2 Å². The lowest BCUT2D eigenvalue weighted by Gasteiger charge is -2.21. The molecule has 1 N–H and O–H groups in total. The molecule has 0 spiro atoms. The van der Waals surface area contributed by atoms with Crippen molar-refractivity contribution in [1.29, 1.82) is 0 Å². The van der Waals surface area contributed by atoms with Gasteiger partial charge in [0, 0.05) is 24.6 Å². The van der Waals surface area contributed by atoms with Crippen LogP contribution in [0.4, 0.5) is 11.4 Å². The predicted molar refractivity (Wildman–Crippen MR) is 102 cm³/mol. The van der Waals surface area contributed by atoms with Gasteiger partial charge in [-0.2, -0.15) is 0 Å². The Morgan fingerprint density at radius 1 is 1.18 bits per heavy atom. The lowest BCUT2D eigenvalue weighted by Crippen LogP contribution is -2.25. The summed E-state index contributed by atoms with van der Waals surface area (Å²) >= 11 is 0. The number of anilines is 2. The van der Waals surface area contributed by atoms with Crippen molar-refractivity contribution in [3.8, 4) is 11.4 Å². The Bertz CT molecular complexity index is 1000. The maximum atomic E-state index is 12.8. The molecule has 0 atom stereocenters. The average Bonchev–Trinajstić information content (AvgIpc) is 3.40. The molecule has 4 rings (SSSR count). The van der Waals surface area contributed by atoms with Crippen LogP contribution < -0.4 is 15.0 Å². The third-order valence-electron chi connectivity index (χ3n) is 4.56. The fourth-order valence-electron chi connectivity index (χ4n) is 3.12. The molecule has 2 heterocycles. The van der Waals surface area contributed by atoms with Gasteiger partial charge in [0.05, 0.1) is 24.2 Å². The van der Waals surface area contributed by atoms with Gasteiger partial charge >= 0.3 is 0 Å². The Balaban J connectivity index is 1.59. The third-order valence-corrected chi connectivity index (χ3v) is 4.56. The highest BCUT2D eigenvalue weighted by molar-refractivity contribution is 6.08. The molecule has 1 aliphatic heterocycles. The summed E-state index contributed by atoms with van der Waals surface area (Å²) in [5.41, 5.74) is 2.41. The second-order valence-corrected chi connectivity index (χ2v) is 6.29. The van der Waals surface area contributed by atoms with Gasteiger partial charge in [-0.15, -0.1) is 5.10 Å². The predicted octanol–water partition coefficient (Wildman–Crippen LogP) is 2.05. The SMILES string of the molecule is COc1ccc(N2CCCC2=O)c(NC(=O)c2ccc(-n3cnnn3)cc2)c1. The van der Waals surface area contributed by atoms with Crippen molar-refractivity contribution in [3.63, 3.8) is 0 Å². The highest BCUT2D eigenvalue weighted by Gasteiger charge is 2.25. The van der Waals surface area contributed by atoms with E-state index in [-0.39, 0.29) is 11.8 Å². The van der Waals surface area contributed by atoms with Crippen molar-refractivity contribution in [2.45, 2.75) is 12.8 Å². The van der Waals surface area contributed by atoms with Crippen LogP contribution in [0.2, 0.25) is 0 Å². The summed E-state index contributed by atoms with van der Waals surface area (Å²) in [5.74, 6) is 0.357. The Morgan fingerprint density at radius 2 is 2.00 bits per heavy atom. The lowest BCUT2D eigenvalue weighted by molar-refractivity contribution is -0.117. The number of nitrogens with zero attached hydrogens (tertiary/aromatic N) is 5. The van der Waals surface area contributed by atoms with Gasteiger partial charge in [-0.3, -0.25) is 9.59 Å². The minimum atomic E-state index is -0.288. The van der Waals surface area contributed by atoms with Gasteiger partial charge in [0.15, 0.2) is 0 Å². The first kappa shape index (κ1) is 17.7. The number of aromatic nitrogens is 4. The van der Waals surface area contributed by atoms with Crippen LogP contribution in [0.3, 0.4) is 0 Å². The first-order valence-corrected chi connectivity index (χ1v) is 8.79. The number of nitrogens with one attached hydrogen (secondary N) is 1. The smallest absolute Gasteiger partial charge is 0.255 e. The van der Waals surface area contributed by atoms with Crippen LogP contribution in [0.5, 0.6) is 5.75 Å². The largest absolute Gasteiger partial charge is 0.497 e. The standard InChI is InChI=1S/C19H18N6O3/c1-28-15-8-9-17(24-10-2-3-18(24)26)16(11-15)21-19(27)13-4-6-14(7-5-13)25-12-20-22-23-25/h4-9,11-12H,2-3,10H2,1H3,(H,21,27). The summed E-state index contributed by atoms with van der Waals surface area (Å²) < 4.78 is 6.77. The average molecular weight is 378 g/mol. The van der Waals surface area contributed by atoms with E-state index in [1.807, 2.05) is 0 Å². The fourth-order valence-corrected chi connectivity index (χ4v) is 3.12. The Morgan fingerprint density at radius 3 is 2.64 bits per heavy atom. The molecular weight excluding hydrogens is 360 g/mol. The lowest BCUT2D eigenvalue weighted by atomic mass is 10.1. The number of carbonyl (C=O) groups is 2. The minimum absolute atomic E-state index is 0.0476. The number of amides is 2. The number of hydrogen-bond acceptors (Lipinski definition) is 6. The molecule has 1 saturated heterocycles. The summed E-state index contributed by atoms with van der Waals surface area (Å²) in [6.45, 7) is 0.634. The maximum absolute atomic E-state index is 12.8. The second-order valence-electron chi connectivity index (χ2n) is 6.29. The molecule has 3 aromatic rings. The van der Waals surface area contributed by atoms with E-state index in [1.54, 1.807) is 54.5 Å². The van der Waals surface area contributed by atoms with Crippen molar-refractivity contribution in [1.82, 2.24) is 20.2 Å². The molecule has 0 bridgehead atoms. The topological polar surface area (TPSA) is 102 Å². The van der Waals surface area contributed by atoms with Crippen LogP contribution in [-0.4, -0.2) is 45.7 Å². The van der Waals surface area contributed by atoms with Gasteiger partial charge in [-0.25, -0.2) is 4.68 Å². The van der Waals surface area contributed by atoms with Crippen LogP contribution >= 0.6 is 0 Å². The Hall–Kier alpha value is -3.75. The first-order valence-electron chi connectivity index (χ1n) is 8.79. The van der Waals surface area contributed by atoms with Gasteiger partial charge in [-0.1, -0.05) is 0 Å². The molecule has 0 saturated carbocycles. The van der Waals surface area contributed by atoms with Crippen molar-refractivity contribution in [3.05, 3.63) is 54.4 Å². The highest BCUT2D eigenvalue weighted by atomic mass is 16.5. The van der Waals surface area contributed by atoms with E-state index in [2.05, 4.69) is 20.8 Å². The highest BCUT2D eigenvalue weighted by Crippen LogP contribution is 2.33. The van der Waals surface area contributed by atoms with E-state index < -0.39 is 0 Å². The molecule has 0 unspecified atom stereocenters. The number of hydrogen-bond donors (Lipinski definition) is 1. The van der Waals surface area contributed by atoms with Gasteiger partial charge in [0.2, 0.25) is 5.91 Å². The van der Waals surface area contributed by atoms with E-state index in [0.717, 1.165) is 12.1 Å². The molecule has 9 heteroatoms. The Kier molecular flexibility index (Phi) is 4.71. The van der Waals surface area contributed by atoms with Crippen LogP contribution in [0.15, 0.2) is 48.8 Å². The van der Waals surface area contributed by atoms with Crippen LogP contribution in [0.25, 0.3) is 5.69 Å². The molecule has 28 heavy (non-hydrogen) atoms. The molecule has 0 radical (unpaired) electrons. The zero-order chi connectivity index (χ0) is 19.5. The van der Waals surface area contributed by atoms with Gasteiger partial charge in [0.1, 0.15) is 12.1 Å². The zero-order valence-corrected chi connectivity index (χ0v) is 15.2. The minimum Gasteiger partial charge on any atom is -0.497 e. The van der Waals surface area contributed by atoms with Gasteiger partial charge in [0.25, 0.3) is 5.91 Å². The fraction of sp³-hybridized carbons (Fsp3) is 0.211. The van der Waals surface area contributed by atoms with E-state index >= 15 is 0 Å². The van der Waals surface area contributed by atoms with Crippen molar-refractivity contribution in [2.75, 3.05) is 23.9 Å². The van der Waals surface area contributed by atoms with Crippen LogP contribution in [-0.2, 0) is 4.79 Å². The van der Waals surface area contributed by atoms with E-state index in [0.29, 0.717) is 35.7 Å². The summed E-state index contributed by atoms with van der Waals surface area (Å²) in [6.07, 6.45) is 2.79. The molecule has 2 amide bonds. The Labute approximate surface area is 160 Å². The number of tetrazole rings is 1. The summed E-state index contributed by atoms with van der Waals surface area (Å²) in [5, 5.41) is 13.9. The quantitative estimate of drug-likeness (QED) is 0.729. The summed E-state index contributed by atoms with van der Waals surface area (Å²) in [6, 6.07) is 12.2. The van der Waals surface area contributed by atoms with E-state index in [1.165, 1.54) is 11.0 Å².